The molecular weight excluding hydrogens is 347 g/mol. The molecule has 0 saturated carbocycles. The average molecular weight is 362 g/mol. The lowest BCUT2D eigenvalue weighted by atomic mass is 9.97. The first-order chi connectivity index (χ1) is 13.0. The van der Waals surface area contributed by atoms with Crippen LogP contribution in [0.25, 0.3) is 33.4 Å². The minimum Gasteiger partial charge on any atom is -0.507 e. The summed E-state index contributed by atoms with van der Waals surface area (Å²) in [6.07, 6.45) is 1.37. The third-order valence-corrected chi connectivity index (χ3v) is 4.27. The number of hydrogen-bond acceptors (Lipinski definition) is 4. The standard InChI is InChI=1S/C21H15FN2O3/c1-12(25)24-18-7-5-13(9-17(18)22)15-3-2-4-16(21(15)26)14-6-8-20-19(10-14)23-11-27-20/h2-11,26H,1H3,(H,24,25). The summed E-state index contributed by atoms with van der Waals surface area (Å²) in [5, 5.41) is 13.2. The number of hydrogen-bond donors (Lipinski definition) is 2. The van der Waals surface area contributed by atoms with E-state index in [1.807, 2.05) is 12.1 Å². The van der Waals surface area contributed by atoms with E-state index >= 15 is 0 Å². The van der Waals surface area contributed by atoms with Crippen LogP contribution in [0.2, 0.25) is 0 Å². The number of nitrogens with one attached hydrogen (secondary N) is 1. The highest BCUT2D eigenvalue weighted by molar-refractivity contribution is 5.90. The van der Waals surface area contributed by atoms with Gasteiger partial charge in [-0.2, -0.15) is 0 Å². The molecule has 3 aromatic carbocycles. The van der Waals surface area contributed by atoms with Crippen molar-refractivity contribution in [2.24, 2.45) is 0 Å². The maximum absolute atomic E-state index is 14.3. The van der Waals surface area contributed by atoms with Gasteiger partial charge < -0.3 is 14.8 Å². The fourth-order valence-electron chi connectivity index (χ4n) is 3.01. The van der Waals surface area contributed by atoms with Crippen molar-refractivity contribution in [1.82, 2.24) is 4.98 Å². The molecule has 134 valence electrons. The number of halogens is 1. The summed E-state index contributed by atoms with van der Waals surface area (Å²) in [6, 6.07) is 15.1. The molecule has 0 aliphatic carbocycles. The molecule has 0 aliphatic heterocycles. The first kappa shape index (κ1) is 16.8. The molecule has 2 N–H and O–H groups in total. The topological polar surface area (TPSA) is 75.4 Å². The third kappa shape index (κ3) is 3.13. The molecular formula is C21H15FN2O3. The molecule has 0 unspecified atom stereocenters. The second-order valence-electron chi connectivity index (χ2n) is 6.11. The van der Waals surface area contributed by atoms with Crippen LogP contribution < -0.4 is 5.32 Å². The van der Waals surface area contributed by atoms with Crippen molar-refractivity contribution in [3.63, 3.8) is 0 Å². The number of benzene rings is 3. The molecule has 1 heterocycles. The van der Waals surface area contributed by atoms with Gasteiger partial charge in [0.25, 0.3) is 0 Å². The zero-order valence-electron chi connectivity index (χ0n) is 14.4. The number of fused-ring (bicyclic) bond motifs is 1. The van der Waals surface area contributed by atoms with Gasteiger partial charge in [0, 0.05) is 18.1 Å². The van der Waals surface area contributed by atoms with E-state index in [1.54, 1.807) is 30.3 Å². The van der Waals surface area contributed by atoms with Crippen molar-refractivity contribution in [2.75, 3.05) is 5.32 Å². The summed E-state index contributed by atoms with van der Waals surface area (Å²) in [6.45, 7) is 1.31. The van der Waals surface area contributed by atoms with Crippen LogP contribution in [-0.2, 0) is 4.79 Å². The van der Waals surface area contributed by atoms with Crippen molar-refractivity contribution in [3.8, 4) is 28.0 Å². The number of nitrogens with zero attached hydrogens (tertiary/aromatic N) is 1. The fraction of sp³-hybridized carbons (Fsp3) is 0.0476. The Morgan fingerprint density at radius 1 is 1.07 bits per heavy atom. The molecule has 0 aliphatic rings. The summed E-state index contributed by atoms with van der Waals surface area (Å²) >= 11 is 0. The Hall–Kier alpha value is -3.67. The minimum atomic E-state index is -0.573. The maximum atomic E-state index is 14.3. The number of rotatable bonds is 3. The predicted molar refractivity (Wildman–Crippen MR) is 101 cm³/mol. The minimum absolute atomic E-state index is 0.0343. The van der Waals surface area contributed by atoms with Crippen LogP contribution in [0.1, 0.15) is 6.92 Å². The lowest BCUT2D eigenvalue weighted by Crippen LogP contribution is -2.07. The van der Waals surface area contributed by atoms with Gasteiger partial charge in [0.05, 0.1) is 5.69 Å². The lowest BCUT2D eigenvalue weighted by Gasteiger charge is -2.12. The van der Waals surface area contributed by atoms with Crippen LogP contribution in [0, 0.1) is 5.82 Å². The number of amides is 1. The Morgan fingerprint density at radius 2 is 1.78 bits per heavy atom. The predicted octanol–water partition coefficient (Wildman–Crippen LogP) is 4.96. The van der Waals surface area contributed by atoms with E-state index in [0.29, 0.717) is 27.8 Å². The van der Waals surface area contributed by atoms with Crippen LogP contribution in [0.15, 0.2) is 65.4 Å². The van der Waals surface area contributed by atoms with Gasteiger partial charge in [0.15, 0.2) is 12.0 Å². The number of anilines is 1. The Bertz CT molecular complexity index is 1170. The van der Waals surface area contributed by atoms with Crippen molar-refractivity contribution in [1.29, 1.82) is 0 Å². The average Bonchev–Trinajstić information content (AvgIpc) is 3.11. The second-order valence-corrected chi connectivity index (χ2v) is 6.11. The monoisotopic (exact) mass is 362 g/mol. The SMILES string of the molecule is CC(=O)Nc1ccc(-c2cccc(-c3ccc4ocnc4c3)c2O)cc1F. The fourth-order valence-corrected chi connectivity index (χ4v) is 3.01. The molecule has 27 heavy (non-hydrogen) atoms. The first-order valence-corrected chi connectivity index (χ1v) is 8.26. The Labute approximate surface area is 154 Å². The summed E-state index contributed by atoms with van der Waals surface area (Å²) in [5.41, 5.74) is 3.80. The molecule has 1 aromatic heterocycles. The number of carbonyl (C=O) groups is 1. The van der Waals surface area contributed by atoms with E-state index in [2.05, 4.69) is 10.3 Å². The Kier molecular flexibility index (Phi) is 4.08. The van der Waals surface area contributed by atoms with E-state index in [4.69, 9.17) is 4.42 Å². The molecule has 5 nitrogen and oxygen atoms in total. The van der Waals surface area contributed by atoms with Crippen LogP contribution in [0.4, 0.5) is 10.1 Å². The largest absolute Gasteiger partial charge is 0.507 e. The van der Waals surface area contributed by atoms with E-state index in [0.717, 1.165) is 5.56 Å². The van der Waals surface area contributed by atoms with Gasteiger partial charge in [0.1, 0.15) is 17.1 Å². The van der Waals surface area contributed by atoms with Gasteiger partial charge in [-0.1, -0.05) is 30.3 Å². The van der Waals surface area contributed by atoms with E-state index < -0.39 is 5.82 Å². The highest BCUT2D eigenvalue weighted by Crippen LogP contribution is 2.39. The number of phenolic OH excluding ortho intramolecular Hbond substituents is 1. The Balaban J connectivity index is 1.78. The van der Waals surface area contributed by atoms with Gasteiger partial charge in [-0.25, -0.2) is 9.37 Å². The molecule has 6 heteroatoms. The zero-order chi connectivity index (χ0) is 19.0. The van der Waals surface area contributed by atoms with Gasteiger partial charge in [-0.05, 0) is 35.4 Å². The van der Waals surface area contributed by atoms with Crippen molar-refractivity contribution >= 4 is 22.7 Å². The van der Waals surface area contributed by atoms with Crippen molar-refractivity contribution in [2.45, 2.75) is 6.92 Å². The maximum Gasteiger partial charge on any atom is 0.221 e. The van der Waals surface area contributed by atoms with Gasteiger partial charge in [-0.3, -0.25) is 4.79 Å². The molecule has 0 radical (unpaired) electrons. The normalized spacial score (nSPS) is 10.9. The number of phenols is 1. The third-order valence-electron chi connectivity index (χ3n) is 4.27. The van der Waals surface area contributed by atoms with E-state index in [1.165, 1.54) is 25.5 Å². The van der Waals surface area contributed by atoms with E-state index in [-0.39, 0.29) is 17.3 Å². The lowest BCUT2D eigenvalue weighted by molar-refractivity contribution is -0.114. The van der Waals surface area contributed by atoms with Crippen LogP contribution in [-0.4, -0.2) is 16.0 Å². The molecule has 4 rings (SSSR count). The molecule has 0 atom stereocenters. The first-order valence-electron chi connectivity index (χ1n) is 8.26. The van der Waals surface area contributed by atoms with Crippen LogP contribution in [0.3, 0.4) is 0 Å². The molecule has 0 bridgehead atoms. The van der Waals surface area contributed by atoms with Crippen molar-refractivity contribution < 1.29 is 18.7 Å². The van der Waals surface area contributed by atoms with Crippen LogP contribution in [0.5, 0.6) is 5.75 Å². The van der Waals surface area contributed by atoms with Crippen molar-refractivity contribution in [3.05, 3.63) is 66.8 Å². The highest BCUT2D eigenvalue weighted by atomic mass is 19.1. The number of carbonyl (C=O) groups excluding carboxylic acids is 1. The number of aromatic hydroxyl groups is 1. The number of para-hydroxylation sites is 1. The van der Waals surface area contributed by atoms with E-state index in [9.17, 15) is 14.3 Å². The Morgan fingerprint density at radius 3 is 2.48 bits per heavy atom. The molecule has 0 saturated heterocycles. The molecule has 4 aromatic rings. The quantitative estimate of drug-likeness (QED) is 0.540. The van der Waals surface area contributed by atoms with Gasteiger partial charge in [-0.15, -0.1) is 0 Å². The van der Waals surface area contributed by atoms with Gasteiger partial charge >= 0.3 is 0 Å². The number of aromatic nitrogens is 1. The zero-order valence-corrected chi connectivity index (χ0v) is 14.4. The van der Waals surface area contributed by atoms with Crippen LogP contribution >= 0.6 is 0 Å². The molecule has 0 spiro atoms. The summed E-state index contributed by atoms with van der Waals surface area (Å²) in [4.78, 5) is 15.2. The number of oxazole rings is 1. The van der Waals surface area contributed by atoms with Gasteiger partial charge in [0.2, 0.25) is 5.91 Å². The molecule has 0 fully saturated rings. The second kappa shape index (κ2) is 6.57. The highest BCUT2D eigenvalue weighted by Gasteiger charge is 2.14. The summed E-state index contributed by atoms with van der Waals surface area (Å²) in [5.74, 6) is -0.890. The summed E-state index contributed by atoms with van der Waals surface area (Å²) < 4.78 is 19.5. The smallest absolute Gasteiger partial charge is 0.221 e. The summed E-state index contributed by atoms with van der Waals surface area (Å²) in [7, 11) is 0. The molecule has 1 amide bonds.